The van der Waals surface area contributed by atoms with Crippen LogP contribution in [-0.2, 0) is 4.79 Å². The van der Waals surface area contributed by atoms with Crippen LogP contribution in [0.3, 0.4) is 0 Å². The molecule has 1 aliphatic carbocycles. The quantitative estimate of drug-likeness (QED) is 0.743. The number of Topliss-reactive ketones (excluding diaryl/α,β-unsaturated/α-hetero) is 1. The molecule has 2 aliphatic rings. The van der Waals surface area contributed by atoms with Gasteiger partial charge < -0.3 is 5.32 Å². The predicted molar refractivity (Wildman–Crippen MR) is 106 cm³/mol. The van der Waals surface area contributed by atoms with Crippen LogP contribution < -0.4 is 5.32 Å². The zero-order chi connectivity index (χ0) is 18.2. The Balaban J connectivity index is 1.54. The van der Waals surface area contributed by atoms with Gasteiger partial charge in [-0.05, 0) is 17.0 Å². The Bertz CT molecular complexity index is 1020. The van der Waals surface area contributed by atoms with Crippen molar-refractivity contribution in [2.45, 2.75) is 18.4 Å². The van der Waals surface area contributed by atoms with Crippen LogP contribution in [-0.4, -0.2) is 20.5 Å². The summed E-state index contributed by atoms with van der Waals surface area (Å²) >= 11 is 1.69. The fourth-order valence-corrected chi connectivity index (χ4v) is 4.67. The zero-order valence-electron chi connectivity index (χ0n) is 14.5. The molecule has 134 valence electrons. The highest BCUT2D eigenvalue weighted by Gasteiger charge is 2.41. The number of carbonyl (C=O) groups excluding carboxylic acids is 1. The Morgan fingerprint density at radius 1 is 1.19 bits per heavy atom. The number of nitrogens with one attached hydrogen (secondary N) is 1. The van der Waals surface area contributed by atoms with E-state index in [0.29, 0.717) is 12.4 Å². The summed E-state index contributed by atoms with van der Waals surface area (Å²) in [7, 11) is 0. The average molecular weight is 374 g/mol. The first-order valence-corrected chi connectivity index (χ1v) is 9.85. The molecule has 0 spiro atoms. The van der Waals surface area contributed by atoms with Crippen molar-refractivity contribution in [3.05, 3.63) is 82.5 Å². The molecule has 0 unspecified atom stereocenters. The van der Waals surface area contributed by atoms with Gasteiger partial charge in [0.2, 0.25) is 5.95 Å². The van der Waals surface area contributed by atoms with Gasteiger partial charge in [0.25, 0.3) is 0 Å². The summed E-state index contributed by atoms with van der Waals surface area (Å²) in [6.45, 7) is 0. The SMILES string of the molecule is O=C1C[C@@H](c2cccs2)C=C2Nc3ncnn3[C@@H](/C=C/c3ccccc3)[C@H]12. The summed E-state index contributed by atoms with van der Waals surface area (Å²) < 4.78 is 1.81. The van der Waals surface area contributed by atoms with Crippen molar-refractivity contribution < 1.29 is 4.79 Å². The van der Waals surface area contributed by atoms with Gasteiger partial charge in [-0.1, -0.05) is 54.6 Å². The van der Waals surface area contributed by atoms with Gasteiger partial charge in [0, 0.05) is 22.9 Å². The van der Waals surface area contributed by atoms with Crippen molar-refractivity contribution in [2.75, 3.05) is 5.32 Å². The number of benzene rings is 1. The van der Waals surface area contributed by atoms with Crippen molar-refractivity contribution in [3.63, 3.8) is 0 Å². The third-order valence-electron chi connectivity index (χ3n) is 5.13. The van der Waals surface area contributed by atoms with E-state index in [-0.39, 0.29) is 23.7 Å². The number of anilines is 1. The molecule has 27 heavy (non-hydrogen) atoms. The van der Waals surface area contributed by atoms with E-state index in [2.05, 4.69) is 45.1 Å². The molecule has 5 rings (SSSR count). The van der Waals surface area contributed by atoms with E-state index < -0.39 is 0 Å². The van der Waals surface area contributed by atoms with Crippen LogP contribution in [0.25, 0.3) is 6.08 Å². The minimum absolute atomic E-state index is 0.129. The first-order valence-electron chi connectivity index (χ1n) is 8.97. The zero-order valence-corrected chi connectivity index (χ0v) is 15.3. The van der Waals surface area contributed by atoms with E-state index >= 15 is 0 Å². The molecule has 1 aliphatic heterocycles. The fraction of sp³-hybridized carbons (Fsp3) is 0.190. The first-order chi connectivity index (χ1) is 13.3. The summed E-state index contributed by atoms with van der Waals surface area (Å²) in [5.74, 6) is 0.793. The van der Waals surface area contributed by atoms with E-state index in [1.54, 1.807) is 11.3 Å². The predicted octanol–water partition coefficient (Wildman–Crippen LogP) is 4.28. The minimum atomic E-state index is -0.254. The molecule has 0 saturated carbocycles. The average Bonchev–Trinajstić information content (AvgIpc) is 3.37. The molecule has 0 bridgehead atoms. The Hall–Kier alpha value is -2.99. The van der Waals surface area contributed by atoms with Crippen LogP contribution in [0, 0.1) is 5.92 Å². The number of carbonyl (C=O) groups is 1. The molecule has 0 amide bonds. The highest BCUT2D eigenvalue weighted by Crippen LogP contribution is 2.42. The molecule has 6 heteroatoms. The van der Waals surface area contributed by atoms with E-state index in [0.717, 1.165) is 11.3 Å². The van der Waals surface area contributed by atoms with Crippen molar-refractivity contribution in [3.8, 4) is 0 Å². The summed E-state index contributed by atoms with van der Waals surface area (Å²) in [4.78, 5) is 18.7. The van der Waals surface area contributed by atoms with E-state index in [4.69, 9.17) is 0 Å². The molecule has 3 heterocycles. The molecular weight excluding hydrogens is 356 g/mol. The van der Waals surface area contributed by atoms with E-state index in [9.17, 15) is 4.79 Å². The smallest absolute Gasteiger partial charge is 0.225 e. The molecule has 2 aromatic heterocycles. The summed E-state index contributed by atoms with van der Waals surface area (Å²) in [6, 6.07) is 14.1. The number of allylic oxidation sites excluding steroid dienone is 3. The maximum absolute atomic E-state index is 13.1. The number of thiophene rings is 1. The number of fused-ring (bicyclic) bond motifs is 2. The number of rotatable bonds is 3. The van der Waals surface area contributed by atoms with Crippen LogP contribution in [0.4, 0.5) is 5.95 Å². The Labute approximate surface area is 161 Å². The van der Waals surface area contributed by atoms with Gasteiger partial charge in [-0.2, -0.15) is 10.1 Å². The number of ketones is 1. The lowest BCUT2D eigenvalue weighted by atomic mass is 9.79. The molecule has 3 aromatic rings. The van der Waals surface area contributed by atoms with Crippen LogP contribution in [0.15, 0.2) is 72.0 Å². The number of aromatic nitrogens is 3. The van der Waals surface area contributed by atoms with Gasteiger partial charge in [-0.25, -0.2) is 4.68 Å². The van der Waals surface area contributed by atoms with Crippen LogP contribution in [0.2, 0.25) is 0 Å². The minimum Gasteiger partial charge on any atom is -0.328 e. The third kappa shape index (κ3) is 2.92. The lowest BCUT2D eigenvalue weighted by Gasteiger charge is -2.36. The molecule has 0 radical (unpaired) electrons. The number of nitrogens with zero attached hydrogens (tertiary/aromatic N) is 3. The Morgan fingerprint density at radius 3 is 2.89 bits per heavy atom. The molecular formula is C21H18N4OS. The second-order valence-corrected chi connectivity index (χ2v) is 7.78. The highest BCUT2D eigenvalue weighted by atomic mass is 32.1. The van der Waals surface area contributed by atoms with E-state index in [1.165, 1.54) is 11.2 Å². The second-order valence-electron chi connectivity index (χ2n) is 6.81. The van der Waals surface area contributed by atoms with Gasteiger partial charge in [0.1, 0.15) is 12.1 Å². The Morgan fingerprint density at radius 2 is 2.07 bits per heavy atom. The summed E-state index contributed by atoms with van der Waals surface area (Å²) in [6.07, 6.45) is 8.37. The highest BCUT2D eigenvalue weighted by molar-refractivity contribution is 7.10. The largest absolute Gasteiger partial charge is 0.328 e. The van der Waals surface area contributed by atoms with Gasteiger partial charge in [0.15, 0.2) is 0 Å². The van der Waals surface area contributed by atoms with Crippen molar-refractivity contribution in [2.24, 2.45) is 5.92 Å². The van der Waals surface area contributed by atoms with Gasteiger partial charge in [-0.15, -0.1) is 11.3 Å². The molecule has 0 fully saturated rings. The van der Waals surface area contributed by atoms with Gasteiger partial charge >= 0.3 is 0 Å². The topological polar surface area (TPSA) is 59.8 Å². The number of hydrogen-bond donors (Lipinski definition) is 1. The number of hydrogen-bond acceptors (Lipinski definition) is 5. The van der Waals surface area contributed by atoms with E-state index in [1.807, 2.05) is 41.1 Å². The van der Waals surface area contributed by atoms with Gasteiger partial charge in [-0.3, -0.25) is 4.79 Å². The Kier molecular flexibility index (Phi) is 3.98. The molecule has 1 N–H and O–H groups in total. The maximum atomic E-state index is 13.1. The standard InChI is InChI=1S/C21H18N4OS/c26-18-12-15(19-7-4-10-27-19)11-16-20(18)17(25-21(24-16)22-13-23-25)9-8-14-5-2-1-3-6-14/h1-11,13,15,17,20H,12H2,(H,22,23,24)/b9-8+/t15-,17-,20+/m0/s1. The molecule has 1 aromatic carbocycles. The summed E-state index contributed by atoms with van der Waals surface area (Å²) in [5.41, 5.74) is 2.04. The fourth-order valence-electron chi connectivity index (χ4n) is 3.87. The molecule has 5 nitrogen and oxygen atoms in total. The van der Waals surface area contributed by atoms with Crippen molar-refractivity contribution >= 4 is 29.1 Å². The normalized spacial score (nSPS) is 24.2. The summed E-state index contributed by atoms with van der Waals surface area (Å²) in [5, 5.41) is 9.75. The lowest BCUT2D eigenvalue weighted by molar-refractivity contribution is -0.123. The lowest BCUT2D eigenvalue weighted by Crippen LogP contribution is -2.38. The third-order valence-corrected chi connectivity index (χ3v) is 6.14. The van der Waals surface area contributed by atoms with Crippen molar-refractivity contribution in [1.82, 2.24) is 14.8 Å². The van der Waals surface area contributed by atoms with Crippen LogP contribution in [0.5, 0.6) is 0 Å². The molecule has 3 atom stereocenters. The van der Waals surface area contributed by atoms with Crippen LogP contribution >= 0.6 is 11.3 Å². The first kappa shape index (κ1) is 16.2. The second kappa shape index (κ2) is 6.63. The van der Waals surface area contributed by atoms with Crippen LogP contribution in [0.1, 0.15) is 28.8 Å². The van der Waals surface area contributed by atoms with Gasteiger partial charge in [0.05, 0.1) is 12.0 Å². The monoisotopic (exact) mass is 374 g/mol. The van der Waals surface area contributed by atoms with Crippen molar-refractivity contribution in [1.29, 1.82) is 0 Å². The molecule has 0 saturated heterocycles. The maximum Gasteiger partial charge on any atom is 0.225 e.